The minimum absolute atomic E-state index is 0.147. The molecule has 1 aromatic rings. The predicted molar refractivity (Wildman–Crippen MR) is 59.2 cm³/mol. The van der Waals surface area contributed by atoms with Crippen molar-refractivity contribution in [2.24, 2.45) is 0 Å². The molecule has 1 atom stereocenters. The third-order valence-electron chi connectivity index (χ3n) is 1.61. The van der Waals surface area contributed by atoms with Gasteiger partial charge in [-0.05, 0) is 13.0 Å². The predicted octanol–water partition coefficient (Wildman–Crippen LogP) is 3.50. The number of carboxylic acid groups (broad SMARTS) is 1. The van der Waals surface area contributed by atoms with E-state index in [1.54, 1.807) is 0 Å². The minimum atomic E-state index is -1.10. The first kappa shape index (κ1) is 12.4. The van der Waals surface area contributed by atoms with E-state index in [-0.39, 0.29) is 15.8 Å². The fraction of sp³-hybridized carbons (Fsp3) is 0.222. The third kappa shape index (κ3) is 3.16. The second kappa shape index (κ2) is 4.92. The number of benzene rings is 1. The van der Waals surface area contributed by atoms with Gasteiger partial charge in [-0.1, -0.05) is 34.8 Å². The van der Waals surface area contributed by atoms with Crippen LogP contribution >= 0.6 is 34.8 Å². The van der Waals surface area contributed by atoms with E-state index in [0.29, 0.717) is 5.02 Å². The van der Waals surface area contributed by atoms with Gasteiger partial charge < -0.3 is 9.84 Å². The molecule has 0 aliphatic heterocycles. The van der Waals surface area contributed by atoms with Crippen molar-refractivity contribution < 1.29 is 14.6 Å². The monoisotopic (exact) mass is 268 g/mol. The Morgan fingerprint density at radius 2 is 2.00 bits per heavy atom. The van der Waals surface area contributed by atoms with E-state index in [0.717, 1.165) is 0 Å². The van der Waals surface area contributed by atoms with E-state index < -0.39 is 12.1 Å². The summed E-state index contributed by atoms with van der Waals surface area (Å²) in [4.78, 5) is 10.6. The zero-order valence-electron chi connectivity index (χ0n) is 7.63. The number of halogens is 3. The van der Waals surface area contributed by atoms with Crippen LogP contribution in [0.3, 0.4) is 0 Å². The lowest BCUT2D eigenvalue weighted by Crippen LogP contribution is -2.23. The maximum atomic E-state index is 10.6. The molecule has 0 radical (unpaired) electrons. The molecule has 0 spiro atoms. The maximum absolute atomic E-state index is 10.6. The minimum Gasteiger partial charge on any atom is -0.479 e. The van der Waals surface area contributed by atoms with Gasteiger partial charge in [-0.2, -0.15) is 0 Å². The van der Waals surface area contributed by atoms with Crippen molar-refractivity contribution in [3.05, 3.63) is 27.2 Å². The maximum Gasteiger partial charge on any atom is 0.344 e. The fourth-order valence-corrected chi connectivity index (χ4v) is 1.49. The first-order valence-corrected chi connectivity index (χ1v) is 5.09. The largest absolute Gasteiger partial charge is 0.479 e. The van der Waals surface area contributed by atoms with Crippen LogP contribution in [0.15, 0.2) is 12.1 Å². The number of hydrogen-bond acceptors (Lipinski definition) is 2. The Kier molecular flexibility index (Phi) is 4.08. The van der Waals surface area contributed by atoms with Crippen molar-refractivity contribution in [1.82, 2.24) is 0 Å². The van der Waals surface area contributed by atoms with Crippen molar-refractivity contribution in [2.75, 3.05) is 0 Å². The molecule has 82 valence electrons. The molecule has 0 aliphatic carbocycles. The zero-order chi connectivity index (χ0) is 11.6. The highest BCUT2D eigenvalue weighted by molar-refractivity contribution is 6.44. The van der Waals surface area contributed by atoms with Crippen LogP contribution in [0.2, 0.25) is 15.1 Å². The quantitative estimate of drug-likeness (QED) is 0.854. The molecule has 0 fully saturated rings. The van der Waals surface area contributed by atoms with E-state index in [4.69, 9.17) is 44.6 Å². The Hall–Kier alpha value is -0.640. The van der Waals surface area contributed by atoms with E-state index in [2.05, 4.69) is 0 Å². The van der Waals surface area contributed by atoms with Crippen LogP contribution in [0.4, 0.5) is 0 Å². The number of rotatable bonds is 3. The average molecular weight is 270 g/mol. The summed E-state index contributed by atoms with van der Waals surface area (Å²) >= 11 is 17.3. The van der Waals surface area contributed by atoms with Gasteiger partial charge in [0.2, 0.25) is 0 Å². The molecular weight excluding hydrogens is 262 g/mol. The topological polar surface area (TPSA) is 46.5 Å². The highest BCUT2D eigenvalue weighted by atomic mass is 35.5. The number of ether oxygens (including phenoxy) is 1. The third-order valence-corrected chi connectivity index (χ3v) is 2.61. The highest BCUT2D eigenvalue weighted by Crippen LogP contribution is 2.35. The molecule has 0 saturated heterocycles. The molecule has 15 heavy (non-hydrogen) atoms. The number of hydrogen-bond donors (Lipinski definition) is 1. The van der Waals surface area contributed by atoms with Gasteiger partial charge in [-0.15, -0.1) is 0 Å². The van der Waals surface area contributed by atoms with E-state index in [1.807, 2.05) is 0 Å². The second-order valence-electron chi connectivity index (χ2n) is 2.80. The number of aliphatic carboxylic acids is 1. The molecule has 0 heterocycles. The van der Waals surface area contributed by atoms with Gasteiger partial charge >= 0.3 is 5.97 Å². The van der Waals surface area contributed by atoms with Crippen LogP contribution in [0, 0.1) is 0 Å². The highest BCUT2D eigenvalue weighted by Gasteiger charge is 2.16. The van der Waals surface area contributed by atoms with Gasteiger partial charge in [0.15, 0.2) is 6.10 Å². The van der Waals surface area contributed by atoms with Crippen molar-refractivity contribution in [3.63, 3.8) is 0 Å². The Morgan fingerprint density at radius 3 is 2.53 bits per heavy atom. The Morgan fingerprint density at radius 1 is 1.40 bits per heavy atom. The molecule has 0 aromatic heterocycles. The summed E-state index contributed by atoms with van der Waals surface area (Å²) in [5.41, 5.74) is 0. The van der Waals surface area contributed by atoms with E-state index in [9.17, 15) is 4.79 Å². The molecule has 0 amide bonds. The van der Waals surface area contributed by atoms with Gasteiger partial charge in [0.25, 0.3) is 0 Å². The molecule has 6 heteroatoms. The first-order valence-electron chi connectivity index (χ1n) is 3.96. The van der Waals surface area contributed by atoms with Crippen LogP contribution in [0.5, 0.6) is 5.75 Å². The second-order valence-corrected chi connectivity index (χ2v) is 4.02. The van der Waals surface area contributed by atoms with Gasteiger partial charge in [-0.3, -0.25) is 0 Å². The summed E-state index contributed by atoms with van der Waals surface area (Å²) in [6.07, 6.45) is -1.02. The summed E-state index contributed by atoms with van der Waals surface area (Å²) < 4.78 is 5.07. The van der Waals surface area contributed by atoms with Crippen LogP contribution in [0.1, 0.15) is 6.92 Å². The summed E-state index contributed by atoms with van der Waals surface area (Å²) in [5, 5.41) is 9.34. The molecule has 0 saturated carbocycles. The SMILES string of the molecule is CC(Oc1cc(Cl)cc(Cl)c1Cl)C(=O)O. The molecule has 1 N–H and O–H groups in total. The van der Waals surface area contributed by atoms with Crippen LogP contribution < -0.4 is 4.74 Å². The number of carbonyl (C=O) groups is 1. The van der Waals surface area contributed by atoms with Crippen LogP contribution in [-0.2, 0) is 4.79 Å². The van der Waals surface area contributed by atoms with Crippen LogP contribution in [-0.4, -0.2) is 17.2 Å². The van der Waals surface area contributed by atoms with Crippen molar-refractivity contribution in [2.45, 2.75) is 13.0 Å². The standard InChI is InChI=1S/C9H7Cl3O3/c1-4(9(13)14)15-7-3-5(10)2-6(11)8(7)12/h2-4H,1H3,(H,13,14). The van der Waals surface area contributed by atoms with Crippen molar-refractivity contribution in [1.29, 1.82) is 0 Å². The molecule has 0 bridgehead atoms. The smallest absolute Gasteiger partial charge is 0.344 e. The fourth-order valence-electron chi connectivity index (χ4n) is 0.859. The number of carboxylic acids is 1. The van der Waals surface area contributed by atoms with Gasteiger partial charge in [0.1, 0.15) is 10.8 Å². The average Bonchev–Trinajstić information content (AvgIpc) is 2.13. The van der Waals surface area contributed by atoms with Crippen molar-refractivity contribution >= 4 is 40.8 Å². The normalized spacial score (nSPS) is 12.3. The Bertz CT molecular complexity index is 392. The van der Waals surface area contributed by atoms with E-state index in [1.165, 1.54) is 19.1 Å². The lowest BCUT2D eigenvalue weighted by Gasteiger charge is -2.12. The van der Waals surface area contributed by atoms with Gasteiger partial charge in [-0.25, -0.2) is 4.79 Å². The Labute approximate surface area is 102 Å². The molecule has 1 rings (SSSR count). The lowest BCUT2D eigenvalue weighted by molar-refractivity contribution is -0.144. The van der Waals surface area contributed by atoms with Crippen molar-refractivity contribution in [3.8, 4) is 5.75 Å². The van der Waals surface area contributed by atoms with Crippen LogP contribution in [0.25, 0.3) is 0 Å². The summed E-state index contributed by atoms with van der Waals surface area (Å²) in [6, 6.07) is 2.86. The molecule has 3 nitrogen and oxygen atoms in total. The molecule has 0 aliphatic rings. The zero-order valence-corrected chi connectivity index (χ0v) is 9.90. The summed E-state index contributed by atoms with van der Waals surface area (Å²) in [6.45, 7) is 1.38. The first-order chi connectivity index (χ1) is 6.91. The molecular formula is C9H7Cl3O3. The molecule has 1 aromatic carbocycles. The van der Waals surface area contributed by atoms with Gasteiger partial charge in [0, 0.05) is 11.1 Å². The van der Waals surface area contributed by atoms with Gasteiger partial charge in [0.05, 0.1) is 5.02 Å². The van der Waals surface area contributed by atoms with E-state index >= 15 is 0 Å². The summed E-state index contributed by atoms with van der Waals surface area (Å²) in [7, 11) is 0. The Balaban J connectivity index is 2.99. The summed E-state index contributed by atoms with van der Waals surface area (Å²) in [5.74, 6) is -0.939. The lowest BCUT2D eigenvalue weighted by atomic mass is 10.3. The molecule has 1 unspecified atom stereocenters.